The van der Waals surface area contributed by atoms with Crippen LogP contribution in [-0.2, 0) is 17.1 Å². The van der Waals surface area contributed by atoms with Crippen LogP contribution in [-0.4, -0.2) is 19.6 Å². The lowest BCUT2D eigenvalue weighted by molar-refractivity contribution is 0.294. The van der Waals surface area contributed by atoms with Crippen molar-refractivity contribution in [1.82, 2.24) is 0 Å². The van der Waals surface area contributed by atoms with Gasteiger partial charge in [0.05, 0.1) is 0 Å². The molecular weight excluding hydrogens is 254 g/mol. The van der Waals surface area contributed by atoms with Gasteiger partial charge >= 0.3 is 15.6 Å². The fraction of sp³-hybridized carbons (Fsp3) is 0. The lowest BCUT2D eigenvalue weighted by atomic mass is 15.7. The van der Waals surface area contributed by atoms with Gasteiger partial charge in [0.25, 0.3) is 0 Å². The van der Waals surface area contributed by atoms with Gasteiger partial charge in [0, 0.05) is 0 Å². The molecule has 0 aromatic heterocycles. The molecule has 74 valence electrons. The second-order valence-electron chi connectivity index (χ2n) is 1.27. The summed E-state index contributed by atoms with van der Waals surface area (Å²) >= 11 is 0.0523. The highest BCUT2D eigenvalue weighted by Crippen LogP contribution is 2.50. The van der Waals surface area contributed by atoms with Crippen molar-refractivity contribution in [2.45, 2.75) is 0 Å². The van der Waals surface area contributed by atoms with Crippen LogP contribution in [0, 0.1) is 0 Å². The third-order valence-electron chi connectivity index (χ3n) is 0.283. The van der Waals surface area contributed by atoms with Crippen LogP contribution < -0.4 is 0 Å². The second-order valence-corrected chi connectivity index (χ2v) is 5.51. The van der Waals surface area contributed by atoms with E-state index in [0.29, 0.717) is 0 Å². The molecule has 0 amide bonds. The van der Waals surface area contributed by atoms with Crippen molar-refractivity contribution in [3.8, 4) is 0 Å². The molecule has 0 atom stereocenters. The van der Waals surface area contributed by atoms with Gasteiger partial charge in [0.15, 0.2) is 0 Å². The zero-order valence-corrected chi connectivity index (χ0v) is 8.55. The van der Waals surface area contributed by atoms with Crippen molar-refractivity contribution in [3.05, 3.63) is 0 Å². The van der Waals surface area contributed by atoms with Crippen molar-refractivity contribution in [2.75, 3.05) is 0 Å². The van der Waals surface area contributed by atoms with Crippen molar-refractivity contribution in [2.24, 2.45) is 0 Å². The monoisotopic (exact) mass is 258 g/mol. The molecular formula is H4O8P2S2. The molecule has 0 aromatic rings. The fourth-order valence-corrected chi connectivity index (χ4v) is 2.81. The fourth-order valence-electron chi connectivity index (χ4n) is 0.104. The number of phosphoric acid groups is 2. The first kappa shape index (κ1) is 12.9. The van der Waals surface area contributed by atoms with Crippen molar-refractivity contribution < 1.29 is 36.6 Å². The van der Waals surface area contributed by atoms with E-state index in [1.54, 1.807) is 0 Å². The molecule has 0 saturated carbocycles. The molecule has 12 heteroatoms. The van der Waals surface area contributed by atoms with Gasteiger partial charge < -0.3 is 19.6 Å². The molecule has 0 bridgehead atoms. The Labute approximate surface area is 74.9 Å². The van der Waals surface area contributed by atoms with Crippen LogP contribution in [0.2, 0.25) is 0 Å². The van der Waals surface area contributed by atoms with Gasteiger partial charge in [-0.3, -0.25) is 0 Å². The van der Waals surface area contributed by atoms with E-state index in [1.807, 2.05) is 0 Å². The Morgan fingerprint density at radius 3 is 1.25 bits per heavy atom. The average molecular weight is 258 g/mol. The van der Waals surface area contributed by atoms with Gasteiger partial charge in [-0.25, -0.2) is 17.1 Å². The summed E-state index contributed by atoms with van der Waals surface area (Å²) in [5.74, 6) is 0. The molecule has 0 aliphatic heterocycles. The van der Waals surface area contributed by atoms with Gasteiger partial charge in [-0.15, -0.1) is 0 Å². The third-order valence-corrected chi connectivity index (χ3v) is 3.64. The van der Waals surface area contributed by atoms with E-state index in [0.717, 1.165) is 0 Å². The molecule has 8 nitrogen and oxygen atoms in total. The van der Waals surface area contributed by atoms with Crippen LogP contribution in [0.5, 0.6) is 0 Å². The highest BCUT2D eigenvalue weighted by Gasteiger charge is 2.19. The van der Waals surface area contributed by atoms with E-state index in [9.17, 15) is 9.13 Å². The van der Waals surface area contributed by atoms with Gasteiger partial charge in [-0.1, -0.05) is 0 Å². The predicted molar refractivity (Wildman–Crippen MR) is 41.4 cm³/mol. The molecule has 0 radical (unpaired) electrons. The molecule has 0 saturated heterocycles. The molecule has 0 rings (SSSR count). The molecule has 0 fully saturated rings. The van der Waals surface area contributed by atoms with Crippen LogP contribution in [0.15, 0.2) is 0 Å². The lowest BCUT2D eigenvalue weighted by Crippen LogP contribution is -1.78. The highest BCUT2D eigenvalue weighted by atomic mass is 33.1. The first-order valence-electron chi connectivity index (χ1n) is 2.03. The maximum Gasteiger partial charge on any atom is 0.481 e. The first-order chi connectivity index (χ1) is 5.21. The third kappa shape index (κ3) is 10.9. The van der Waals surface area contributed by atoms with Crippen LogP contribution in [0.4, 0.5) is 0 Å². The first-order valence-corrected chi connectivity index (χ1v) is 7.09. The van der Waals surface area contributed by atoms with E-state index in [-0.39, 0.29) is 22.1 Å². The summed E-state index contributed by atoms with van der Waals surface area (Å²) in [6, 6.07) is 0. The lowest BCUT2D eigenvalue weighted by Gasteiger charge is -2.02. The maximum absolute atomic E-state index is 9.94. The smallest absolute Gasteiger partial charge is 0.302 e. The maximum atomic E-state index is 9.94. The Bertz CT molecular complexity index is 187. The Kier molecular flexibility index (Phi) is 5.35. The average Bonchev–Trinajstić information content (AvgIpc) is 1.76. The largest absolute Gasteiger partial charge is 0.481 e. The Hall–Kier alpha value is 0.920. The summed E-state index contributed by atoms with van der Waals surface area (Å²) in [5, 5.41) is 0. The minimum Gasteiger partial charge on any atom is -0.302 e. The van der Waals surface area contributed by atoms with Crippen LogP contribution in [0.1, 0.15) is 0 Å². The zero-order chi connectivity index (χ0) is 9.83. The molecule has 0 aliphatic rings. The minimum atomic E-state index is -4.64. The summed E-state index contributed by atoms with van der Waals surface area (Å²) in [5.41, 5.74) is 0. The summed E-state index contributed by atoms with van der Waals surface area (Å²) in [7, 11) is -9.28. The van der Waals surface area contributed by atoms with Crippen molar-refractivity contribution in [3.63, 3.8) is 0 Å². The molecule has 0 aromatic carbocycles. The summed E-state index contributed by atoms with van der Waals surface area (Å²) in [6.07, 6.45) is 0. The van der Waals surface area contributed by atoms with Gasteiger partial charge in [0.1, 0.15) is 22.1 Å². The molecule has 0 spiro atoms. The quantitative estimate of drug-likeness (QED) is 0.238. The molecule has 0 unspecified atom stereocenters. The summed E-state index contributed by atoms with van der Waals surface area (Å²) in [6.45, 7) is 0. The molecule has 0 heterocycles. The van der Waals surface area contributed by atoms with Crippen LogP contribution >= 0.6 is 37.8 Å². The SMILES string of the molecule is O=P(O)(O)OSSOP(=O)(O)O. The predicted octanol–water partition coefficient (Wildman–Crippen LogP) is 0.416. The minimum absolute atomic E-state index is 0.0262. The van der Waals surface area contributed by atoms with E-state index in [2.05, 4.69) is 7.94 Å². The van der Waals surface area contributed by atoms with Crippen molar-refractivity contribution in [1.29, 1.82) is 0 Å². The van der Waals surface area contributed by atoms with E-state index in [4.69, 9.17) is 19.6 Å². The normalized spacial score (nSPS) is 13.3. The molecule has 12 heavy (non-hydrogen) atoms. The Morgan fingerprint density at radius 2 is 1.08 bits per heavy atom. The van der Waals surface area contributed by atoms with Crippen molar-refractivity contribution >= 4 is 37.8 Å². The van der Waals surface area contributed by atoms with E-state index >= 15 is 0 Å². The van der Waals surface area contributed by atoms with E-state index in [1.165, 1.54) is 0 Å². The second kappa shape index (κ2) is 4.97. The molecule has 0 aliphatic carbocycles. The topological polar surface area (TPSA) is 134 Å². The highest BCUT2D eigenvalue weighted by molar-refractivity contribution is 8.74. The van der Waals surface area contributed by atoms with Crippen LogP contribution in [0.25, 0.3) is 0 Å². The molecule has 4 N–H and O–H groups in total. The van der Waals surface area contributed by atoms with Crippen LogP contribution in [0.3, 0.4) is 0 Å². The standard InChI is InChI=1S/H4O8P2S2/c1-9(2,3)7-11-12-8-10(4,5)6/h(H2,1,2,3)(H2,4,5,6). The van der Waals surface area contributed by atoms with Gasteiger partial charge in [-0.2, -0.15) is 0 Å². The van der Waals surface area contributed by atoms with Gasteiger partial charge in [-0.05, 0) is 0 Å². The summed E-state index contributed by atoms with van der Waals surface area (Å²) < 4.78 is 27.3. The zero-order valence-electron chi connectivity index (χ0n) is 5.13. The Balaban J connectivity index is 3.48. The Morgan fingerprint density at radius 1 is 0.833 bits per heavy atom. The van der Waals surface area contributed by atoms with E-state index < -0.39 is 15.6 Å². The summed E-state index contributed by atoms with van der Waals surface area (Å²) in [4.78, 5) is 32.2. The van der Waals surface area contributed by atoms with Gasteiger partial charge in [0.2, 0.25) is 0 Å². The number of rotatable bonds is 5. The number of hydrogen-bond donors (Lipinski definition) is 4. The number of hydrogen-bond acceptors (Lipinski definition) is 6.